The molecular formula is C19H27N3O3. The molecule has 2 saturated heterocycles. The van der Waals surface area contributed by atoms with Crippen LogP contribution in [0, 0.1) is 17.3 Å². The van der Waals surface area contributed by atoms with E-state index in [0.29, 0.717) is 24.2 Å². The second kappa shape index (κ2) is 6.57. The molecule has 4 rings (SSSR count). The maximum absolute atomic E-state index is 12.5. The minimum absolute atomic E-state index is 0.147. The van der Waals surface area contributed by atoms with Gasteiger partial charge in [-0.1, -0.05) is 6.07 Å². The van der Waals surface area contributed by atoms with E-state index in [4.69, 9.17) is 4.74 Å². The summed E-state index contributed by atoms with van der Waals surface area (Å²) in [6, 6.07) is 5.82. The number of pyridine rings is 1. The van der Waals surface area contributed by atoms with Crippen molar-refractivity contribution < 1.29 is 14.6 Å². The Balaban J connectivity index is 1.45. The van der Waals surface area contributed by atoms with Gasteiger partial charge in [0.05, 0.1) is 19.4 Å². The maximum Gasteiger partial charge on any atom is 0.225 e. The maximum atomic E-state index is 12.5. The molecule has 136 valence electrons. The first-order valence-electron chi connectivity index (χ1n) is 9.25. The molecule has 0 bridgehead atoms. The van der Waals surface area contributed by atoms with Gasteiger partial charge in [0.1, 0.15) is 0 Å². The van der Waals surface area contributed by atoms with Crippen molar-refractivity contribution in [3.05, 3.63) is 23.9 Å². The lowest BCUT2D eigenvalue weighted by Crippen LogP contribution is -2.53. The van der Waals surface area contributed by atoms with E-state index in [9.17, 15) is 9.90 Å². The van der Waals surface area contributed by atoms with E-state index in [1.165, 1.54) is 0 Å². The summed E-state index contributed by atoms with van der Waals surface area (Å²) in [4.78, 5) is 21.3. The van der Waals surface area contributed by atoms with Crippen LogP contribution in [0.2, 0.25) is 0 Å². The van der Waals surface area contributed by atoms with Crippen molar-refractivity contribution >= 4 is 5.91 Å². The molecule has 0 unspecified atom stereocenters. The number of aliphatic hydroxyl groups is 1. The van der Waals surface area contributed by atoms with Crippen molar-refractivity contribution in [3.8, 4) is 5.88 Å². The zero-order valence-electron chi connectivity index (χ0n) is 14.9. The first kappa shape index (κ1) is 16.8. The van der Waals surface area contributed by atoms with Gasteiger partial charge in [-0.25, -0.2) is 4.98 Å². The van der Waals surface area contributed by atoms with E-state index in [2.05, 4.69) is 9.88 Å². The van der Waals surface area contributed by atoms with Crippen LogP contribution in [0.4, 0.5) is 0 Å². The predicted octanol–water partition coefficient (Wildman–Crippen LogP) is 1.14. The van der Waals surface area contributed by atoms with Gasteiger partial charge < -0.3 is 14.7 Å². The second-order valence-corrected chi connectivity index (χ2v) is 7.88. The third-order valence-electron chi connectivity index (χ3n) is 6.07. The van der Waals surface area contributed by atoms with Gasteiger partial charge in [-0.2, -0.15) is 0 Å². The number of carbonyl (C=O) groups is 1. The molecule has 0 radical (unpaired) electrons. The van der Waals surface area contributed by atoms with Crippen molar-refractivity contribution in [2.24, 2.45) is 17.3 Å². The highest BCUT2D eigenvalue weighted by Gasteiger charge is 2.51. The minimum atomic E-state index is -0.179. The Morgan fingerprint density at radius 3 is 2.92 bits per heavy atom. The summed E-state index contributed by atoms with van der Waals surface area (Å²) in [6.07, 6.45) is 3.07. The third-order valence-corrected chi connectivity index (χ3v) is 6.07. The SMILES string of the molecule is COc1cccc(CN2C[C@@H]3CCN(C(=O)C4CC4)C[C@]3(CO)C2)n1. The summed E-state index contributed by atoms with van der Waals surface area (Å²) in [5.41, 5.74) is 0.804. The number of aliphatic hydroxyl groups excluding tert-OH is 1. The summed E-state index contributed by atoms with van der Waals surface area (Å²) in [5, 5.41) is 10.2. The first-order valence-corrected chi connectivity index (χ1v) is 9.25. The number of aromatic nitrogens is 1. The Bertz CT molecular complexity index is 649. The van der Waals surface area contributed by atoms with E-state index >= 15 is 0 Å². The number of rotatable bonds is 5. The van der Waals surface area contributed by atoms with E-state index in [0.717, 1.165) is 51.1 Å². The van der Waals surface area contributed by atoms with Gasteiger partial charge in [-0.3, -0.25) is 9.69 Å². The summed E-state index contributed by atoms with van der Waals surface area (Å²) in [7, 11) is 1.63. The van der Waals surface area contributed by atoms with Gasteiger partial charge in [0, 0.05) is 50.1 Å². The van der Waals surface area contributed by atoms with Crippen LogP contribution in [0.15, 0.2) is 18.2 Å². The fourth-order valence-corrected chi connectivity index (χ4v) is 4.51. The van der Waals surface area contributed by atoms with E-state index < -0.39 is 0 Å². The number of amides is 1. The topological polar surface area (TPSA) is 65.9 Å². The lowest BCUT2D eigenvalue weighted by atomic mass is 9.74. The van der Waals surface area contributed by atoms with Crippen molar-refractivity contribution in [1.29, 1.82) is 0 Å². The van der Waals surface area contributed by atoms with Crippen LogP contribution in [-0.2, 0) is 11.3 Å². The molecule has 1 saturated carbocycles. The quantitative estimate of drug-likeness (QED) is 0.867. The normalized spacial score (nSPS) is 29.5. The van der Waals surface area contributed by atoms with Crippen LogP contribution < -0.4 is 4.74 Å². The molecule has 1 N–H and O–H groups in total. The molecule has 6 heteroatoms. The number of piperidine rings is 1. The van der Waals surface area contributed by atoms with Crippen LogP contribution in [0.1, 0.15) is 25.0 Å². The fourth-order valence-electron chi connectivity index (χ4n) is 4.51. The largest absolute Gasteiger partial charge is 0.481 e. The van der Waals surface area contributed by atoms with Gasteiger partial charge >= 0.3 is 0 Å². The lowest BCUT2D eigenvalue weighted by molar-refractivity contribution is -0.137. The number of likely N-dealkylation sites (tertiary alicyclic amines) is 2. The van der Waals surface area contributed by atoms with Crippen LogP contribution in [0.3, 0.4) is 0 Å². The van der Waals surface area contributed by atoms with Crippen molar-refractivity contribution in [2.75, 3.05) is 39.9 Å². The third kappa shape index (κ3) is 3.25. The molecule has 0 spiro atoms. The smallest absolute Gasteiger partial charge is 0.225 e. The molecule has 3 heterocycles. The molecule has 3 fully saturated rings. The molecule has 2 atom stereocenters. The number of hydrogen-bond donors (Lipinski definition) is 1. The van der Waals surface area contributed by atoms with E-state index in [1.807, 2.05) is 23.1 Å². The average molecular weight is 345 g/mol. The Labute approximate surface area is 148 Å². The Kier molecular flexibility index (Phi) is 4.41. The highest BCUT2D eigenvalue weighted by molar-refractivity contribution is 5.81. The molecule has 0 aromatic carbocycles. The molecule has 1 aromatic rings. The summed E-state index contributed by atoms with van der Waals surface area (Å²) in [5.74, 6) is 1.64. The highest BCUT2D eigenvalue weighted by atomic mass is 16.5. The second-order valence-electron chi connectivity index (χ2n) is 7.88. The van der Waals surface area contributed by atoms with Gasteiger partial charge in [0.15, 0.2) is 0 Å². The molecule has 2 aliphatic heterocycles. The number of fused-ring (bicyclic) bond motifs is 1. The number of methoxy groups -OCH3 is 1. The zero-order valence-corrected chi connectivity index (χ0v) is 14.9. The molecular weight excluding hydrogens is 318 g/mol. The molecule has 1 aliphatic carbocycles. The Morgan fingerprint density at radius 1 is 1.36 bits per heavy atom. The molecule has 6 nitrogen and oxygen atoms in total. The monoisotopic (exact) mass is 345 g/mol. The van der Waals surface area contributed by atoms with Gasteiger partial charge in [0.2, 0.25) is 11.8 Å². The minimum Gasteiger partial charge on any atom is -0.481 e. The molecule has 1 amide bonds. The highest BCUT2D eigenvalue weighted by Crippen LogP contribution is 2.43. The standard InChI is InChI=1S/C19H27N3O3/c1-25-17-4-2-3-16(20-17)10-21-9-15-7-8-22(18(24)14-5-6-14)12-19(15,11-21)13-23/h2-4,14-15,23H,5-13H2,1H3/t15-,19-/m0/s1. The van der Waals surface area contributed by atoms with Crippen LogP contribution in [0.5, 0.6) is 5.88 Å². The zero-order chi connectivity index (χ0) is 17.4. The lowest BCUT2D eigenvalue weighted by Gasteiger charge is -2.43. The number of carbonyl (C=O) groups excluding carboxylic acids is 1. The number of ether oxygens (including phenoxy) is 1. The van der Waals surface area contributed by atoms with Gasteiger partial charge in [0.25, 0.3) is 0 Å². The van der Waals surface area contributed by atoms with Crippen LogP contribution in [0.25, 0.3) is 0 Å². The fraction of sp³-hybridized carbons (Fsp3) is 0.684. The van der Waals surface area contributed by atoms with Gasteiger partial charge in [-0.15, -0.1) is 0 Å². The van der Waals surface area contributed by atoms with Crippen molar-refractivity contribution in [3.63, 3.8) is 0 Å². The van der Waals surface area contributed by atoms with E-state index in [-0.39, 0.29) is 17.9 Å². The first-order chi connectivity index (χ1) is 12.1. The Hall–Kier alpha value is -1.66. The average Bonchev–Trinajstić information content (AvgIpc) is 3.42. The summed E-state index contributed by atoms with van der Waals surface area (Å²) < 4.78 is 5.21. The molecule has 25 heavy (non-hydrogen) atoms. The van der Waals surface area contributed by atoms with E-state index in [1.54, 1.807) is 7.11 Å². The summed E-state index contributed by atoms with van der Waals surface area (Å²) in [6.45, 7) is 4.23. The van der Waals surface area contributed by atoms with Crippen LogP contribution in [-0.4, -0.2) is 65.7 Å². The van der Waals surface area contributed by atoms with Crippen LogP contribution >= 0.6 is 0 Å². The molecule has 3 aliphatic rings. The number of nitrogens with zero attached hydrogens (tertiary/aromatic N) is 3. The van der Waals surface area contributed by atoms with Gasteiger partial charge in [-0.05, 0) is 31.2 Å². The molecule has 1 aromatic heterocycles. The predicted molar refractivity (Wildman–Crippen MR) is 93.0 cm³/mol. The Morgan fingerprint density at radius 2 is 2.20 bits per heavy atom. The van der Waals surface area contributed by atoms with Crippen molar-refractivity contribution in [1.82, 2.24) is 14.8 Å². The number of hydrogen-bond acceptors (Lipinski definition) is 5. The summed E-state index contributed by atoms with van der Waals surface area (Å²) >= 11 is 0. The van der Waals surface area contributed by atoms with Crippen molar-refractivity contribution in [2.45, 2.75) is 25.8 Å².